The molecule has 0 atom stereocenters. The Hall–Kier alpha value is -3.59. The summed E-state index contributed by atoms with van der Waals surface area (Å²) < 4.78 is 0. The Morgan fingerprint density at radius 3 is 2.27 bits per heavy atom. The molecule has 0 aliphatic carbocycles. The molecule has 0 fully saturated rings. The number of benzene rings is 2. The predicted molar refractivity (Wildman–Crippen MR) is 106 cm³/mol. The normalized spacial score (nSPS) is 11.1. The SMILES string of the molecule is c1ccc(-c2cc3ccc4cccnc4c3nc2-c2cccnc2)cc1. The maximum absolute atomic E-state index is 5.05. The van der Waals surface area contributed by atoms with Crippen LogP contribution in [-0.2, 0) is 0 Å². The summed E-state index contributed by atoms with van der Waals surface area (Å²) in [6, 6.07) is 24.8. The fraction of sp³-hybridized carbons (Fsp3) is 0. The third kappa shape index (κ3) is 2.42. The molecule has 0 N–H and O–H groups in total. The van der Waals surface area contributed by atoms with Crippen molar-refractivity contribution in [2.24, 2.45) is 0 Å². The summed E-state index contributed by atoms with van der Waals surface area (Å²) in [7, 11) is 0. The van der Waals surface area contributed by atoms with Crippen LogP contribution in [0.5, 0.6) is 0 Å². The van der Waals surface area contributed by atoms with Gasteiger partial charge in [0.2, 0.25) is 0 Å². The molecular weight excluding hydrogens is 318 g/mol. The zero-order valence-electron chi connectivity index (χ0n) is 14.0. The van der Waals surface area contributed by atoms with Gasteiger partial charge in [0.05, 0.1) is 16.7 Å². The van der Waals surface area contributed by atoms with E-state index in [0.29, 0.717) is 0 Å². The Labute approximate surface area is 151 Å². The molecular formula is C23H15N3. The van der Waals surface area contributed by atoms with Crippen LogP contribution in [0.25, 0.3) is 44.2 Å². The van der Waals surface area contributed by atoms with Gasteiger partial charge in [-0.05, 0) is 29.8 Å². The van der Waals surface area contributed by atoms with E-state index < -0.39 is 0 Å². The number of hydrogen-bond donors (Lipinski definition) is 0. The van der Waals surface area contributed by atoms with Crippen LogP contribution in [0.15, 0.2) is 91.4 Å². The van der Waals surface area contributed by atoms with Crippen LogP contribution in [-0.4, -0.2) is 15.0 Å². The summed E-state index contributed by atoms with van der Waals surface area (Å²) in [5, 5.41) is 2.18. The monoisotopic (exact) mass is 333 g/mol. The van der Waals surface area contributed by atoms with Crippen molar-refractivity contribution in [2.45, 2.75) is 0 Å². The molecule has 0 spiro atoms. The molecule has 3 nitrogen and oxygen atoms in total. The summed E-state index contributed by atoms with van der Waals surface area (Å²) in [6.45, 7) is 0. The summed E-state index contributed by atoms with van der Waals surface area (Å²) in [6.07, 6.45) is 5.46. The van der Waals surface area contributed by atoms with Gasteiger partial charge in [0.25, 0.3) is 0 Å². The maximum atomic E-state index is 5.05. The van der Waals surface area contributed by atoms with E-state index in [1.165, 1.54) is 0 Å². The summed E-state index contributed by atoms with van der Waals surface area (Å²) in [4.78, 5) is 13.9. The summed E-state index contributed by atoms with van der Waals surface area (Å²) in [5.74, 6) is 0. The molecule has 5 rings (SSSR count). The van der Waals surface area contributed by atoms with E-state index in [2.05, 4.69) is 58.5 Å². The molecule has 122 valence electrons. The lowest BCUT2D eigenvalue weighted by Gasteiger charge is -2.12. The first-order valence-electron chi connectivity index (χ1n) is 8.54. The van der Waals surface area contributed by atoms with Gasteiger partial charge in [0, 0.05) is 40.5 Å². The van der Waals surface area contributed by atoms with Gasteiger partial charge in [-0.15, -0.1) is 0 Å². The number of aromatic nitrogens is 3. The van der Waals surface area contributed by atoms with Gasteiger partial charge in [-0.3, -0.25) is 9.97 Å². The fourth-order valence-corrected chi connectivity index (χ4v) is 3.34. The van der Waals surface area contributed by atoms with E-state index in [0.717, 1.165) is 44.2 Å². The lowest BCUT2D eigenvalue weighted by atomic mass is 9.97. The third-order valence-electron chi connectivity index (χ3n) is 4.58. The highest BCUT2D eigenvalue weighted by Crippen LogP contribution is 2.34. The van der Waals surface area contributed by atoms with E-state index in [4.69, 9.17) is 4.98 Å². The molecule has 5 aromatic rings. The minimum absolute atomic E-state index is 0.918. The molecule has 3 heteroatoms. The average Bonchev–Trinajstić information content (AvgIpc) is 2.74. The molecule has 0 amide bonds. The number of rotatable bonds is 2. The zero-order chi connectivity index (χ0) is 17.3. The topological polar surface area (TPSA) is 38.7 Å². The smallest absolute Gasteiger partial charge is 0.0972 e. The van der Waals surface area contributed by atoms with Crippen molar-refractivity contribution in [2.75, 3.05) is 0 Å². The first kappa shape index (κ1) is 14.7. The molecule has 0 aliphatic rings. The Bertz CT molecular complexity index is 1220. The lowest BCUT2D eigenvalue weighted by molar-refractivity contribution is 1.30. The van der Waals surface area contributed by atoms with Crippen LogP contribution in [0.3, 0.4) is 0 Å². The number of hydrogen-bond acceptors (Lipinski definition) is 3. The van der Waals surface area contributed by atoms with Crippen molar-refractivity contribution in [3.8, 4) is 22.4 Å². The van der Waals surface area contributed by atoms with Crippen LogP contribution < -0.4 is 0 Å². The van der Waals surface area contributed by atoms with Crippen LogP contribution >= 0.6 is 0 Å². The van der Waals surface area contributed by atoms with Crippen LogP contribution in [0.2, 0.25) is 0 Å². The Kier molecular flexibility index (Phi) is 3.42. The van der Waals surface area contributed by atoms with Crippen molar-refractivity contribution in [3.05, 3.63) is 91.4 Å². The molecule has 0 saturated heterocycles. The molecule has 3 aromatic heterocycles. The third-order valence-corrected chi connectivity index (χ3v) is 4.58. The van der Waals surface area contributed by atoms with Crippen molar-refractivity contribution >= 4 is 21.8 Å². The Morgan fingerprint density at radius 2 is 1.42 bits per heavy atom. The molecule has 3 heterocycles. The Morgan fingerprint density at radius 1 is 0.615 bits per heavy atom. The van der Waals surface area contributed by atoms with Gasteiger partial charge in [-0.2, -0.15) is 0 Å². The molecule has 0 radical (unpaired) electrons. The van der Waals surface area contributed by atoms with Gasteiger partial charge in [0.15, 0.2) is 0 Å². The predicted octanol–water partition coefficient (Wildman–Crippen LogP) is 5.51. The number of pyridine rings is 3. The second kappa shape index (κ2) is 6.05. The number of fused-ring (bicyclic) bond motifs is 3. The van der Waals surface area contributed by atoms with E-state index in [1.54, 1.807) is 6.20 Å². The van der Waals surface area contributed by atoms with Crippen molar-refractivity contribution in [1.82, 2.24) is 15.0 Å². The molecule has 0 bridgehead atoms. The first-order valence-corrected chi connectivity index (χ1v) is 8.54. The minimum atomic E-state index is 0.918. The second-order valence-electron chi connectivity index (χ2n) is 6.20. The highest BCUT2D eigenvalue weighted by molar-refractivity contribution is 6.05. The largest absolute Gasteiger partial charge is 0.264 e. The standard InChI is InChI=1S/C23H15N3/c1-2-6-16(7-3-1)20-14-18-11-10-17-8-5-13-25-22(17)23(18)26-21(20)19-9-4-12-24-15-19/h1-15H. The number of nitrogens with zero attached hydrogens (tertiary/aromatic N) is 3. The quantitative estimate of drug-likeness (QED) is 0.400. The Balaban J connectivity index is 1.90. The molecule has 0 aliphatic heterocycles. The van der Waals surface area contributed by atoms with Crippen molar-refractivity contribution in [3.63, 3.8) is 0 Å². The molecule has 0 unspecified atom stereocenters. The van der Waals surface area contributed by atoms with Gasteiger partial charge < -0.3 is 0 Å². The summed E-state index contributed by atoms with van der Waals surface area (Å²) in [5.41, 5.74) is 6.01. The van der Waals surface area contributed by atoms with E-state index >= 15 is 0 Å². The first-order chi connectivity index (χ1) is 12.9. The molecule has 2 aromatic carbocycles. The van der Waals surface area contributed by atoms with Crippen LogP contribution in [0, 0.1) is 0 Å². The minimum Gasteiger partial charge on any atom is -0.264 e. The lowest BCUT2D eigenvalue weighted by Crippen LogP contribution is -1.93. The highest BCUT2D eigenvalue weighted by Gasteiger charge is 2.13. The second-order valence-corrected chi connectivity index (χ2v) is 6.20. The van der Waals surface area contributed by atoms with Gasteiger partial charge in [0.1, 0.15) is 0 Å². The highest BCUT2D eigenvalue weighted by atomic mass is 14.8. The van der Waals surface area contributed by atoms with E-state index in [1.807, 2.05) is 36.7 Å². The van der Waals surface area contributed by atoms with Gasteiger partial charge in [-0.1, -0.05) is 48.5 Å². The summed E-state index contributed by atoms with van der Waals surface area (Å²) >= 11 is 0. The van der Waals surface area contributed by atoms with Gasteiger partial charge in [-0.25, -0.2) is 4.98 Å². The van der Waals surface area contributed by atoms with Crippen molar-refractivity contribution in [1.29, 1.82) is 0 Å². The average molecular weight is 333 g/mol. The van der Waals surface area contributed by atoms with Crippen molar-refractivity contribution < 1.29 is 0 Å². The fourth-order valence-electron chi connectivity index (χ4n) is 3.34. The molecule has 0 saturated carbocycles. The van der Waals surface area contributed by atoms with Crippen LogP contribution in [0.1, 0.15) is 0 Å². The molecule has 26 heavy (non-hydrogen) atoms. The van der Waals surface area contributed by atoms with E-state index in [-0.39, 0.29) is 0 Å². The zero-order valence-corrected chi connectivity index (χ0v) is 14.0. The van der Waals surface area contributed by atoms with Crippen LogP contribution in [0.4, 0.5) is 0 Å². The van der Waals surface area contributed by atoms with Gasteiger partial charge >= 0.3 is 0 Å². The maximum Gasteiger partial charge on any atom is 0.0972 e. The van der Waals surface area contributed by atoms with E-state index in [9.17, 15) is 0 Å².